The predicted molar refractivity (Wildman–Crippen MR) is 120 cm³/mol. The molecule has 13 heteroatoms. The Kier molecular flexibility index (Phi) is 8.02. The van der Waals surface area contributed by atoms with Gasteiger partial charge < -0.3 is 10.6 Å². The minimum atomic E-state index is -4.91. The van der Waals surface area contributed by atoms with Gasteiger partial charge in [-0.25, -0.2) is 4.99 Å². The number of benzene rings is 1. The second kappa shape index (κ2) is 10.3. The normalized spacial score (nSPS) is 20.3. The van der Waals surface area contributed by atoms with E-state index in [4.69, 9.17) is 5.73 Å². The summed E-state index contributed by atoms with van der Waals surface area (Å²) in [6, 6.07) is 0.609. The van der Waals surface area contributed by atoms with Crippen molar-refractivity contribution in [2.45, 2.75) is 37.8 Å². The first-order valence-corrected chi connectivity index (χ1v) is 11.5. The summed E-state index contributed by atoms with van der Waals surface area (Å²) in [6.45, 7) is 0.666. The molecule has 2 heterocycles. The molecule has 1 unspecified atom stereocenters. The third-order valence-electron chi connectivity index (χ3n) is 5.82. The zero-order chi connectivity index (χ0) is 26.1. The van der Waals surface area contributed by atoms with Crippen molar-refractivity contribution in [3.63, 3.8) is 0 Å². The van der Waals surface area contributed by atoms with Gasteiger partial charge in [0.25, 0.3) is 0 Å². The number of nitrogens with two attached hydrogens (primary N) is 1. The first-order chi connectivity index (χ1) is 16.2. The van der Waals surface area contributed by atoms with E-state index in [1.807, 2.05) is 6.08 Å². The second-order valence-electron chi connectivity index (χ2n) is 8.59. The number of alkyl halides is 6. The van der Waals surface area contributed by atoms with Crippen molar-refractivity contribution in [3.8, 4) is 0 Å². The molecule has 1 saturated heterocycles. The number of hydrogen-bond acceptors (Lipinski definition) is 5. The molecule has 2 amide bonds. The first kappa shape index (κ1) is 27.2. The fourth-order valence-corrected chi connectivity index (χ4v) is 4.82. The van der Waals surface area contributed by atoms with Crippen molar-refractivity contribution >= 4 is 28.6 Å². The van der Waals surface area contributed by atoms with Gasteiger partial charge in [0, 0.05) is 25.5 Å². The maximum atomic E-state index is 13.4. The standard InChI is InChI=1S/C22H24F6N4O2S/c1-31(2)19(33)17(29)18-16(35-20(34)30-18)9-12-5-7-32(8-6-12)11-13-3-4-14(21(23,24)25)10-15(13)22(26,27)28/h3-4,9-10,12,17H,5-8,11,29H2,1-2H3/b16-9-. The lowest BCUT2D eigenvalue weighted by molar-refractivity contribution is -0.143. The van der Waals surface area contributed by atoms with Crippen LogP contribution in [0.1, 0.15) is 29.5 Å². The van der Waals surface area contributed by atoms with Crippen LogP contribution in [0.2, 0.25) is 0 Å². The lowest BCUT2D eigenvalue weighted by atomic mass is 9.94. The molecule has 1 fully saturated rings. The summed E-state index contributed by atoms with van der Waals surface area (Å²) in [5.41, 5.74) is 3.32. The number of likely N-dealkylation sites (tertiary alicyclic amines) is 1. The molecule has 0 bridgehead atoms. The lowest BCUT2D eigenvalue weighted by Crippen LogP contribution is -2.45. The number of thioether (sulfide) groups is 1. The van der Waals surface area contributed by atoms with E-state index in [1.165, 1.54) is 19.0 Å². The number of rotatable bonds is 5. The van der Waals surface area contributed by atoms with E-state index in [2.05, 4.69) is 4.99 Å². The van der Waals surface area contributed by atoms with E-state index >= 15 is 0 Å². The topological polar surface area (TPSA) is 79.0 Å². The van der Waals surface area contributed by atoms with Gasteiger partial charge in [-0.2, -0.15) is 26.3 Å². The fourth-order valence-electron chi connectivity index (χ4n) is 3.95. The van der Waals surface area contributed by atoms with Crippen LogP contribution < -0.4 is 5.73 Å². The Morgan fingerprint density at radius 3 is 2.37 bits per heavy atom. The van der Waals surface area contributed by atoms with Crippen LogP contribution in [0.5, 0.6) is 0 Å². The highest BCUT2D eigenvalue weighted by atomic mass is 32.2. The van der Waals surface area contributed by atoms with E-state index in [9.17, 15) is 35.9 Å². The van der Waals surface area contributed by atoms with Crippen LogP contribution in [0.25, 0.3) is 0 Å². The van der Waals surface area contributed by atoms with Crippen LogP contribution in [-0.2, 0) is 23.7 Å². The molecule has 0 aliphatic carbocycles. The van der Waals surface area contributed by atoms with Crippen LogP contribution in [0.3, 0.4) is 0 Å². The first-order valence-electron chi connectivity index (χ1n) is 10.7. The largest absolute Gasteiger partial charge is 0.416 e. The number of carbonyl (C=O) groups excluding carboxylic acids is 2. The SMILES string of the molecule is CN(C)C(=O)C(N)C1=NC(=O)S/C1=C\C1CCN(Cc2ccc(C(F)(F)F)cc2C(F)(F)F)CC1. The number of hydrogen-bond donors (Lipinski definition) is 1. The van der Waals surface area contributed by atoms with E-state index in [-0.39, 0.29) is 29.8 Å². The fraction of sp³-hybridized carbons (Fsp3) is 0.500. The number of carbonyl (C=O) groups is 2. The Balaban J connectivity index is 1.69. The molecule has 1 atom stereocenters. The molecule has 2 N–H and O–H groups in total. The van der Waals surface area contributed by atoms with Gasteiger partial charge in [-0.1, -0.05) is 12.1 Å². The molecular weight excluding hydrogens is 498 g/mol. The number of amides is 2. The molecule has 0 radical (unpaired) electrons. The van der Waals surface area contributed by atoms with Gasteiger partial charge in [-0.3, -0.25) is 14.5 Å². The van der Waals surface area contributed by atoms with Crippen LogP contribution in [-0.4, -0.2) is 59.9 Å². The van der Waals surface area contributed by atoms with Gasteiger partial charge in [0.1, 0.15) is 6.04 Å². The molecule has 192 valence electrons. The minimum absolute atomic E-state index is 0.0267. The Hall–Kier alpha value is -2.38. The summed E-state index contributed by atoms with van der Waals surface area (Å²) < 4.78 is 79.0. The zero-order valence-electron chi connectivity index (χ0n) is 18.9. The molecule has 2 aliphatic heterocycles. The molecule has 3 rings (SSSR count). The monoisotopic (exact) mass is 522 g/mol. The van der Waals surface area contributed by atoms with Gasteiger partial charge in [-0.15, -0.1) is 0 Å². The highest BCUT2D eigenvalue weighted by molar-refractivity contribution is 8.18. The van der Waals surface area contributed by atoms with E-state index in [0.29, 0.717) is 36.9 Å². The van der Waals surface area contributed by atoms with Crippen LogP contribution in [0, 0.1) is 5.92 Å². The minimum Gasteiger partial charge on any atom is -0.347 e. The van der Waals surface area contributed by atoms with E-state index in [1.54, 1.807) is 4.90 Å². The number of aliphatic imine (C=N–C) groups is 1. The van der Waals surface area contributed by atoms with Crippen molar-refractivity contribution in [2.24, 2.45) is 16.6 Å². The zero-order valence-corrected chi connectivity index (χ0v) is 19.7. The summed E-state index contributed by atoms with van der Waals surface area (Å²) >= 11 is 0.873. The van der Waals surface area contributed by atoms with Gasteiger partial charge >= 0.3 is 17.6 Å². The number of likely N-dealkylation sites (N-methyl/N-ethyl adjacent to an activating group) is 1. The average Bonchev–Trinajstić information content (AvgIpc) is 3.12. The van der Waals surface area contributed by atoms with Crippen LogP contribution in [0.15, 0.2) is 34.2 Å². The van der Waals surface area contributed by atoms with Gasteiger partial charge in [0.2, 0.25) is 5.91 Å². The smallest absolute Gasteiger partial charge is 0.347 e. The number of allylic oxidation sites excluding steroid dienone is 1. The van der Waals surface area contributed by atoms with Crippen molar-refractivity contribution in [1.82, 2.24) is 9.80 Å². The Morgan fingerprint density at radius 2 is 1.83 bits per heavy atom. The maximum Gasteiger partial charge on any atom is 0.416 e. The second-order valence-corrected chi connectivity index (χ2v) is 9.58. The molecule has 35 heavy (non-hydrogen) atoms. The Morgan fingerprint density at radius 1 is 1.20 bits per heavy atom. The molecule has 0 spiro atoms. The molecule has 0 aromatic heterocycles. The number of nitrogens with zero attached hydrogens (tertiary/aromatic N) is 3. The highest BCUT2D eigenvalue weighted by Gasteiger charge is 2.38. The average molecular weight is 523 g/mol. The third kappa shape index (κ3) is 6.64. The molecule has 1 aromatic rings. The predicted octanol–water partition coefficient (Wildman–Crippen LogP) is 4.54. The summed E-state index contributed by atoms with van der Waals surface area (Å²) in [4.78, 5) is 31.4. The van der Waals surface area contributed by atoms with Crippen molar-refractivity contribution < 1.29 is 35.9 Å². The van der Waals surface area contributed by atoms with Crippen LogP contribution in [0.4, 0.5) is 31.1 Å². The summed E-state index contributed by atoms with van der Waals surface area (Å²) in [5, 5.41) is -0.479. The van der Waals surface area contributed by atoms with Crippen molar-refractivity contribution in [2.75, 3.05) is 27.2 Å². The molecule has 6 nitrogen and oxygen atoms in total. The Labute approximate surface area is 202 Å². The summed E-state index contributed by atoms with van der Waals surface area (Å²) in [5.74, 6) is -0.432. The van der Waals surface area contributed by atoms with E-state index < -0.39 is 40.7 Å². The number of halogens is 6. The summed E-state index contributed by atoms with van der Waals surface area (Å²) in [7, 11) is 3.07. The third-order valence-corrected chi connectivity index (χ3v) is 6.65. The van der Waals surface area contributed by atoms with Gasteiger partial charge in [-0.05, 0) is 61.3 Å². The number of piperidine rings is 1. The van der Waals surface area contributed by atoms with Crippen molar-refractivity contribution in [1.29, 1.82) is 0 Å². The molecule has 0 saturated carbocycles. The maximum absolute atomic E-state index is 13.4. The molecule has 1 aromatic carbocycles. The van der Waals surface area contributed by atoms with Crippen molar-refractivity contribution in [3.05, 3.63) is 45.9 Å². The van der Waals surface area contributed by atoms with Gasteiger partial charge in [0.05, 0.1) is 16.8 Å². The molecule has 2 aliphatic rings. The quantitative estimate of drug-likeness (QED) is 0.575. The lowest BCUT2D eigenvalue weighted by Gasteiger charge is -2.31. The molecular formula is C22H24F6N4O2S. The Bertz CT molecular complexity index is 1040. The summed E-state index contributed by atoms with van der Waals surface area (Å²) in [6.07, 6.45) is -6.88. The van der Waals surface area contributed by atoms with Gasteiger partial charge in [0.15, 0.2) is 0 Å². The van der Waals surface area contributed by atoms with Crippen LogP contribution >= 0.6 is 11.8 Å². The highest BCUT2D eigenvalue weighted by Crippen LogP contribution is 2.38. The van der Waals surface area contributed by atoms with E-state index in [0.717, 1.165) is 17.8 Å².